The zero-order valence-corrected chi connectivity index (χ0v) is 7.74. The molecule has 0 saturated heterocycles. The summed E-state index contributed by atoms with van der Waals surface area (Å²) in [4.78, 5) is 14.7. The number of nitrogens with two attached hydrogens (primary N) is 1. The lowest BCUT2D eigenvalue weighted by molar-refractivity contribution is -0.873. The van der Waals surface area contributed by atoms with Crippen LogP contribution in [0.2, 0.25) is 0 Å². The Balaban J connectivity index is 3.92. The third kappa shape index (κ3) is 6.09. The van der Waals surface area contributed by atoms with Crippen LogP contribution in [-0.4, -0.2) is 44.2 Å². The topological polar surface area (TPSA) is 75.4 Å². The van der Waals surface area contributed by atoms with E-state index in [1.165, 1.54) is 0 Å². The summed E-state index contributed by atoms with van der Waals surface area (Å²) in [6.45, 7) is 0.546. The number of nitrogens with zero attached hydrogens (tertiary/aromatic N) is 1. The van der Waals surface area contributed by atoms with Crippen LogP contribution < -0.4 is 11.0 Å². The lowest BCUT2D eigenvalue weighted by Gasteiger charge is -2.28. The van der Waals surface area contributed by atoms with Crippen molar-refractivity contribution in [3.8, 4) is 0 Å². The molecule has 0 aromatic heterocycles. The molecule has 0 radical (unpaired) electrons. The van der Waals surface area contributed by atoms with Crippen LogP contribution in [0.5, 0.6) is 0 Å². The number of carboxylic acid groups (broad SMARTS) is 1. The predicted octanol–water partition coefficient (Wildman–Crippen LogP) is -1.91. The van der Waals surface area contributed by atoms with E-state index in [-0.39, 0.29) is 6.42 Å². The van der Waals surface area contributed by atoms with Gasteiger partial charge in [0.1, 0.15) is 12.6 Å². The maximum atomic E-state index is 10.2. The molecule has 0 saturated carbocycles. The quantitative estimate of drug-likeness (QED) is 0.392. The summed E-state index contributed by atoms with van der Waals surface area (Å²) in [6, 6.07) is 0. The van der Waals surface area contributed by atoms with E-state index in [4.69, 9.17) is 5.90 Å². The summed E-state index contributed by atoms with van der Waals surface area (Å²) in [5, 5.41) is 10.2. The van der Waals surface area contributed by atoms with Crippen LogP contribution in [0.4, 0.5) is 0 Å². The Bertz CT molecular complexity index is 153. The van der Waals surface area contributed by atoms with Gasteiger partial charge in [-0.05, 0) is 0 Å². The highest BCUT2D eigenvalue weighted by atomic mass is 16.6. The summed E-state index contributed by atoms with van der Waals surface area (Å²) in [5.74, 6) is 3.79. The van der Waals surface area contributed by atoms with Gasteiger partial charge in [0.05, 0.1) is 21.1 Å². The van der Waals surface area contributed by atoms with E-state index in [9.17, 15) is 9.90 Å². The minimum Gasteiger partial charge on any atom is -0.550 e. The normalized spacial score (nSPS) is 14.3. The van der Waals surface area contributed by atoms with E-state index in [1.54, 1.807) is 0 Å². The van der Waals surface area contributed by atoms with Gasteiger partial charge in [-0.1, -0.05) is 0 Å². The summed E-state index contributed by atoms with van der Waals surface area (Å²) >= 11 is 0. The SMILES string of the molecule is C[N+](C)(C)CC(CC(=O)[O-])ON. The molecule has 0 spiro atoms. The first-order chi connectivity index (χ1) is 5.35. The molecule has 2 N–H and O–H groups in total. The maximum Gasteiger partial charge on any atom is 0.133 e. The van der Waals surface area contributed by atoms with Gasteiger partial charge in [0.2, 0.25) is 0 Å². The molecule has 0 aromatic carbocycles. The van der Waals surface area contributed by atoms with Crippen molar-refractivity contribution >= 4 is 5.97 Å². The largest absolute Gasteiger partial charge is 0.550 e. The number of likely N-dealkylation sites (N-methyl/N-ethyl adjacent to an activating group) is 1. The molecule has 12 heavy (non-hydrogen) atoms. The molecule has 0 aliphatic carbocycles. The van der Waals surface area contributed by atoms with Gasteiger partial charge in [0.15, 0.2) is 0 Å². The van der Waals surface area contributed by atoms with Crippen LogP contribution in [-0.2, 0) is 9.63 Å². The number of hydrogen-bond donors (Lipinski definition) is 1. The Hall–Kier alpha value is -0.650. The Morgan fingerprint density at radius 1 is 1.58 bits per heavy atom. The second-order valence-electron chi connectivity index (χ2n) is 3.81. The third-order valence-corrected chi connectivity index (χ3v) is 1.34. The number of carbonyl (C=O) groups is 1. The van der Waals surface area contributed by atoms with Gasteiger partial charge in [-0.15, -0.1) is 0 Å². The molecule has 1 unspecified atom stereocenters. The van der Waals surface area contributed by atoms with Crippen molar-refractivity contribution in [1.29, 1.82) is 0 Å². The van der Waals surface area contributed by atoms with Crippen LogP contribution in [0.15, 0.2) is 0 Å². The van der Waals surface area contributed by atoms with Gasteiger partial charge < -0.3 is 14.4 Å². The Labute approximate surface area is 72.3 Å². The minimum absolute atomic E-state index is 0.161. The molecular formula is C7H16N2O3. The Morgan fingerprint density at radius 3 is 2.33 bits per heavy atom. The number of hydrogen-bond acceptors (Lipinski definition) is 4. The molecule has 0 bridgehead atoms. The molecule has 0 amide bonds. The van der Waals surface area contributed by atoms with E-state index in [2.05, 4.69) is 4.84 Å². The summed E-state index contributed by atoms with van der Waals surface area (Å²) in [5.41, 5.74) is 0. The first-order valence-corrected chi connectivity index (χ1v) is 3.71. The molecule has 5 heteroatoms. The zero-order valence-electron chi connectivity index (χ0n) is 7.74. The first-order valence-electron chi connectivity index (χ1n) is 3.71. The Kier molecular flexibility index (Phi) is 4.16. The van der Waals surface area contributed by atoms with Gasteiger partial charge in [-0.25, -0.2) is 5.90 Å². The average Bonchev–Trinajstić information content (AvgIpc) is 1.82. The van der Waals surface area contributed by atoms with Gasteiger partial charge in [0, 0.05) is 12.4 Å². The maximum absolute atomic E-state index is 10.2. The van der Waals surface area contributed by atoms with Crippen molar-refractivity contribution in [3.05, 3.63) is 0 Å². The first kappa shape index (κ1) is 11.4. The summed E-state index contributed by atoms with van der Waals surface area (Å²) < 4.78 is 0.606. The van der Waals surface area contributed by atoms with Crippen molar-refractivity contribution in [3.63, 3.8) is 0 Å². The van der Waals surface area contributed by atoms with E-state index < -0.39 is 12.1 Å². The lowest BCUT2D eigenvalue weighted by Crippen LogP contribution is -2.45. The van der Waals surface area contributed by atoms with Crippen LogP contribution in [0.1, 0.15) is 6.42 Å². The minimum atomic E-state index is -1.14. The number of rotatable bonds is 5. The number of aliphatic carboxylic acids is 1. The molecule has 1 atom stereocenters. The third-order valence-electron chi connectivity index (χ3n) is 1.34. The molecule has 0 aromatic rings. The Morgan fingerprint density at radius 2 is 2.08 bits per heavy atom. The molecule has 0 aliphatic rings. The highest BCUT2D eigenvalue weighted by molar-refractivity contribution is 5.64. The predicted molar refractivity (Wildman–Crippen MR) is 41.6 cm³/mol. The summed E-state index contributed by atoms with van der Waals surface area (Å²) in [7, 11) is 5.80. The van der Waals surface area contributed by atoms with Crippen LogP contribution in [0.25, 0.3) is 0 Å². The van der Waals surface area contributed by atoms with E-state index in [1.807, 2.05) is 21.1 Å². The van der Waals surface area contributed by atoms with Crippen molar-refractivity contribution < 1.29 is 19.2 Å². The number of carbonyl (C=O) groups excluding carboxylic acids is 1. The fourth-order valence-corrected chi connectivity index (χ4v) is 0.952. The van der Waals surface area contributed by atoms with E-state index >= 15 is 0 Å². The summed E-state index contributed by atoms with van der Waals surface area (Å²) in [6.07, 6.45) is -0.638. The van der Waals surface area contributed by atoms with Crippen molar-refractivity contribution in [2.75, 3.05) is 27.7 Å². The number of quaternary nitrogens is 1. The lowest BCUT2D eigenvalue weighted by atomic mass is 10.2. The van der Waals surface area contributed by atoms with Crippen LogP contribution in [0, 0.1) is 0 Å². The van der Waals surface area contributed by atoms with Crippen LogP contribution >= 0.6 is 0 Å². The fraction of sp³-hybridized carbons (Fsp3) is 0.857. The molecule has 5 nitrogen and oxygen atoms in total. The van der Waals surface area contributed by atoms with Crippen molar-refractivity contribution in [1.82, 2.24) is 0 Å². The smallest absolute Gasteiger partial charge is 0.133 e. The standard InChI is InChI=1S/C7H16N2O3/c1-9(2,3)5-6(12-8)4-7(10)11/h6H,4-5,8H2,1-3H3. The zero-order chi connectivity index (χ0) is 9.78. The highest BCUT2D eigenvalue weighted by Gasteiger charge is 2.18. The molecule has 0 fully saturated rings. The number of carboxylic acids is 1. The molecule has 0 rings (SSSR count). The monoisotopic (exact) mass is 176 g/mol. The van der Waals surface area contributed by atoms with Crippen molar-refractivity contribution in [2.24, 2.45) is 5.90 Å². The van der Waals surface area contributed by atoms with Crippen molar-refractivity contribution in [2.45, 2.75) is 12.5 Å². The van der Waals surface area contributed by atoms with Gasteiger partial charge in [-0.3, -0.25) is 4.84 Å². The molecular weight excluding hydrogens is 160 g/mol. The molecule has 0 heterocycles. The van der Waals surface area contributed by atoms with E-state index in [0.29, 0.717) is 11.0 Å². The second kappa shape index (κ2) is 4.39. The highest BCUT2D eigenvalue weighted by Crippen LogP contribution is 2.01. The molecule has 72 valence electrons. The van der Waals surface area contributed by atoms with Crippen LogP contribution in [0.3, 0.4) is 0 Å². The fourth-order valence-electron chi connectivity index (χ4n) is 0.952. The van der Waals surface area contributed by atoms with Gasteiger partial charge in [-0.2, -0.15) is 0 Å². The van der Waals surface area contributed by atoms with E-state index in [0.717, 1.165) is 0 Å². The van der Waals surface area contributed by atoms with Gasteiger partial charge >= 0.3 is 0 Å². The second-order valence-corrected chi connectivity index (χ2v) is 3.81. The molecule has 0 aliphatic heterocycles. The average molecular weight is 176 g/mol. The van der Waals surface area contributed by atoms with Gasteiger partial charge in [0.25, 0.3) is 0 Å².